The maximum Gasteiger partial charge on any atom is 0.336 e. The molecule has 0 aromatic carbocycles. The van der Waals surface area contributed by atoms with Crippen LogP contribution in [0.3, 0.4) is 0 Å². The van der Waals surface area contributed by atoms with Crippen LogP contribution in [0.5, 0.6) is 0 Å². The van der Waals surface area contributed by atoms with Crippen LogP contribution in [0.1, 0.15) is 26.7 Å². The van der Waals surface area contributed by atoms with Crippen LogP contribution in [-0.4, -0.2) is 21.8 Å². The van der Waals surface area contributed by atoms with E-state index in [1.54, 1.807) is 0 Å². The molecule has 0 amide bonds. The summed E-state index contributed by atoms with van der Waals surface area (Å²) in [7, 11) is 0. The number of rotatable bonds is 2. The highest BCUT2D eigenvalue weighted by Crippen LogP contribution is 2.34. The zero-order chi connectivity index (χ0) is 10.1. The van der Waals surface area contributed by atoms with Gasteiger partial charge in [-0.25, -0.2) is 4.79 Å². The van der Waals surface area contributed by atoms with E-state index in [4.69, 9.17) is 5.11 Å². The topological polar surface area (TPSA) is 57.5 Å². The third kappa shape index (κ3) is 1.75. The smallest absolute Gasteiger partial charge is 0.336 e. The molecule has 0 saturated heterocycles. The van der Waals surface area contributed by atoms with Crippen LogP contribution < -0.4 is 0 Å². The quantitative estimate of drug-likeness (QED) is 0.638. The van der Waals surface area contributed by atoms with Gasteiger partial charge in [0.1, 0.15) is 0 Å². The van der Waals surface area contributed by atoms with Crippen molar-refractivity contribution in [2.45, 2.75) is 32.3 Å². The monoisotopic (exact) mass is 184 g/mol. The molecule has 2 atom stereocenters. The first kappa shape index (κ1) is 10.3. The van der Waals surface area contributed by atoms with E-state index in [1.807, 2.05) is 26.0 Å². The van der Waals surface area contributed by atoms with Gasteiger partial charge in [-0.3, -0.25) is 0 Å². The van der Waals surface area contributed by atoms with Crippen LogP contribution in [0, 0.1) is 11.8 Å². The second-order valence-corrected chi connectivity index (χ2v) is 3.97. The molecule has 0 fully saturated rings. The molecule has 0 unspecified atom stereocenters. The van der Waals surface area contributed by atoms with E-state index >= 15 is 0 Å². The molecule has 13 heavy (non-hydrogen) atoms. The lowest BCUT2D eigenvalue weighted by Gasteiger charge is -2.35. The Bertz CT molecular complexity index is 232. The number of aliphatic hydroxyl groups is 1. The third-order valence-electron chi connectivity index (χ3n) is 2.68. The van der Waals surface area contributed by atoms with Crippen LogP contribution in [-0.2, 0) is 4.79 Å². The van der Waals surface area contributed by atoms with E-state index in [1.165, 1.54) is 0 Å². The summed E-state index contributed by atoms with van der Waals surface area (Å²) >= 11 is 0. The highest BCUT2D eigenvalue weighted by atomic mass is 16.4. The molecule has 1 aliphatic carbocycles. The van der Waals surface area contributed by atoms with Crippen molar-refractivity contribution in [3.05, 3.63) is 12.2 Å². The third-order valence-corrected chi connectivity index (χ3v) is 2.68. The molecule has 0 radical (unpaired) electrons. The van der Waals surface area contributed by atoms with Gasteiger partial charge in [-0.1, -0.05) is 26.0 Å². The lowest BCUT2D eigenvalue weighted by Crippen LogP contribution is -2.48. The van der Waals surface area contributed by atoms with Gasteiger partial charge in [-0.15, -0.1) is 0 Å². The summed E-state index contributed by atoms with van der Waals surface area (Å²) in [6.07, 6.45) is 4.73. The first-order valence-electron chi connectivity index (χ1n) is 4.61. The van der Waals surface area contributed by atoms with Gasteiger partial charge < -0.3 is 10.2 Å². The number of aliphatic carboxylic acids is 1. The van der Waals surface area contributed by atoms with E-state index in [0.717, 1.165) is 0 Å². The molecule has 2 N–H and O–H groups in total. The molecular weight excluding hydrogens is 168 g/mol. The fourth-order valence-corrected chi connectivity index (χ4v) is 1.90. The van der Waals surface area contributed by atoms with E-state index in [9.17, 15) is 9.90 Å². The number of carboxylic acids is 1. The van der Waals surface area contributed by atoms with Crippen LogP contribution in [0.15, 0.2) is 12.2 Å². The molecule has 0 aromatic heterocycles. The minimum Gasteiger partial charge on any atom is -0.479 e. The van der Waals surface area contributed by atoms with Crippen molar-refractivity contribution in [3.63, 3.8) is 0 Å². The summed E-state index contributed by atoms with van der Waals surface area (Å²) < 4.78 is 0. The van der Waals surface area contributed by atoms with Crippen molar-refractivity contribution in [2.75, 3.05) is 0 Å². The Morgan fingerprint density at radius 3 is 2.62 bits per heavy atom. The Kier molecular flexibility index (Phi) is 2.76. The highest BCUT2D eigenvalue weighted by molar-refractivity contribution is 5.78. The normalized spacial score (nSPS) is 33.7. The van der Waals surface area contributed by atoms with Gasteiger partial charge in [-0.05, 0) is 18.8 Å². The van der Waals surface area contributed by atoms with Crippen molar-refractivity contribution < 1.29 is 15.0 Å². The van der Waals surface area contributed by atoms with Crippen molar-refractivity contribution in [1.29, 1.82) is 0 Å². The standard InChI is InChI=1S/C10H16O3/c1-7(2)8-5-3-4-6-10(8,13)9(11)12/h3,5,7-8,13H,4,6H2,1-2H3,(H,11,12)/t8-,10-/m1/s1. The molecule has 3 nitrogen and oxygen atoms in total. The van der Waals surface area contributed by atoms with Gasteiger partial charge in [0, 0.05) is 5.92 Å². The summed E-state index contributed by atoms with van der Waals surface area (Å²) in [5.74, 6) is -1.22. The van der Waals surface area contributed by atoms with Crippen LogP contribution in [0.4, 0.5) is 0 Å². The fraction of sp³-hybridized carbons (Fsp3) is 0.700. The second-order valence-electron chi connectivity index (χ2n) is 3.97. The van der Waals surface area contributed by atoms with Gasteiger partial charge in [0.05, 0.1) is 0 Å². The maximum absolute atomic E-state index is 10.9. The van der Waals surface area contributed by atoms with Gasteiger partial charge in [0.25, 0.3) is 0 Å². The van der Waals surface area contributed by atoms with Gasteiger partial charge in [0.15, 0.2) is 5.60 Å². The predicted molar refractivity (Wildman–Crippen MR) is 49.3 cm³/mol. The SMILES string of the molecule is CC(C)[C@H]1C=CCC[C@]1(O)C(=O)O. The zero-order valence-electron chi connectivity index (χ0n) is 8.03. The number of carbonyl (C=O) groups is 1. The molecule has 0 saturated carbocycles. The summed E-state index contributed by atoms with van der Waals surface area (Å²) in [6.45, 7) is 3.85. The predicted octanol–water partition coefficient (Wildman–Crippen LogP) is 1.42. The Morgan fingerprint density at radius 1 is 1.62 bits per heavy atom. The molecule has 0 aromatic rings. The zero-order valence-corrected chi connectivity index (χ0v) is 8.03. The molecule has 0 aliphatic heterocycles. The van der Waals surface area contributed by atoms with Crippen LogP contribution in [0.25, 0.3) is 0 Å². The Labute approximate surface area is 78.1 Å². The molecule has 0 bridgehead atoms. The van der Waals surface area contributed by atoms with E-state index in [-0.39, 0.29) is 11.8 Å². The second kappa shape index (κ2) is 3.50. The average molecular weight is 184 g/mol. The maximum atomic E-state index is 10.9. The molecule has 0 spiro atoms. The average Bonchev–Trinajstić information content (AvgIpc) is 2.04. The lowest BCUT2D eigenvalue weighted by atomic mass is 9.74. The van der Waals surface area contributed by atoms with Crippen molar-refractivity contribution in [1.82, 2.24) is 0 Å². The van der Waals surface area contributed by atoms with Crippen molar-refractivity contribution in [2.24, 2.45) is 11.8 Å². The molecule has 0 heterocycles. The number of hydrogen-bond donors (Lipinski definition) is 2. The fourth-order valence-electron chi connectivity index (χ4n) is 1.90. The summed E-state index contributed by atoms with van der Waals surface area (Å²) in [5, 5.41) is 18.9. The van der Waals surface area contributed by atoms with Gasteiger partial charge in [-0.2, -0.15) is 0 Å². The summed E-state index contributed by atoms with van der Waals surface area (Å²) in [5.41, 5.74) is -1.55. The van der Waals surface area contributed by atoms with Crippen LogP contribution >= 0.6 is 0 Å². The van der Waals surface area contributed by atoms with E-state index in [2.05, 4.69) is 0 Å². The Hall–Kier alpha value is -0.830. The van der Waals surface area contributed by atoms with E-state index < -0.39 is 11.6 Å². The first-order chi connectivity index (χ1) is 5.98. The minimum absolute atomic E-state index is 0.151. The van der Waals surface area contributed by atoms with Crippen LogP contribution in [0.2, 0.25) is 0 Å². The molecule has 3 heteroatoms. The number of hydrogen-bond acceptors (Lipinski definition) is 2. The van der Waals surface area contributed by atoms with Crippen molar-refractivity contribution >= 4 is 5.97 Å². The molecule has 74 valence electrons. The van der Waals surface area contributed by atoms with Crippen molar-refractivity contribution in [3.8, 4) is 0 Å². The summed E-state index contributed by atoms with van der Waals surface area (Å²) in [6, 6.07) is 0. The highest BCUT2D eigenvalue weighted by Gasteiger charge is 2.44. The number of carboxylic acid groups (broad SMARTS) is 1. The largest absolute Gasteiger partial charge is 0.479 e. The minimum atomic E-state index is -1.55. The molecule has 1 aliphatic rings. The molecule has 1 rings (SSSR count). The lowest BCUT2D eigenvalue weighted by molar-refractivity contribution is -0.166. The Balaban J connectivity index is 2.94. The first-order valence-corrected chi connectivity index (χ1v) is 4.61. The Morgan fingerprint density at radius 2 is 2.23 bits per heavy atom. The van der Waals surface area contributed by atoms with E-state index in [0.29, 0.717) is 12.8 Å². The molecular formula is C10H16O3. The van der Waals surface area contributed by atoms with Gasteiger partial charge in [0.2, 0.25) is 0 Å². The summed E-state index contributed by atoms with van der Waals surface area (Å²) in [4.78, 5) is 10.9. The number of allylic oxidation sites excluding steroid dienone is 1. The van der Waals surface area contributed by atoms with Gasteiger partial charge >= 0.3 is 5.97 Å².